The second-order valence-corrected chi connectivity index (χ2v) is 63.4. The SMILES string of the molecule is C=C1/C(=C\CP(=O)(c2ccccc2)c2ccccc2)C[C@@H](O[Si](C)(C)C(C)(C)C)C[C@@H]1O[Si](C)(C)C(C)(C)C.[2H]C([2H])([2H])C(CCC[C@](C)(C/C=C\C(O[Si](C)(C)C)(C(F)(F)F)C(F)(F)F)[C@H]1CCC2C(=O)CCC[C@@]21C)(O[Si](C)(C)C)C([2H])([2H])[2H].[2H]C([2H])([2H])C(O)(CCC[C@](C)(C/C=C\C(O)(C(F)(F)F)C(F)(F)F)[C@H]1CCC2/C(=C/C=C3/C[C@@H](O)C[C@H](O)C3=C)CCC[C@@]21C)C([2H])([2H])[2H]. The average Bonchev–Trinajstić information content (AvgIpc) is 1.61. The number of aliphatic hydroxyl groups excluding tert-OH is 2. The van der Waals surface area contributed by atoms with Gasteiger partial charge in [0.1, 0.15) is 12.9 Å². The Kier molecular flexibility index (Phi) is 29.0. The second kappa shape index (κ2) is 39.7. The number of Topliss-reactive ketones (excluding diaryl/α,β-unsaturated/α-hetero) is 1. The molecule has 700 valence electrons. The highest BCUT2D eigenvalue weighted by Crippen LogP contribution is 2.66. The van der Waals surface area contributed by atoms with Crippen molar-refractivity contribution in [3.8, 4) is 0 Å². The molecule has 0 radical (unpaired) electrons. The third-order valence-electron chi connectivity index (χ3n) is 28.0. The van der Waals surface area contributed by atoms with Gasteiger partial charge in [-0.2, -0.15) is 52.7 Å². The summed E-state index contributed by atoms with van der Waals surface area (Å²) in [6.07, 6.45) is -11.7. The minimum absolute atomic E-state index is 0.0338. The van der Waals surface area contributed by atoms with Crippen LogP contribution in [0, 0.1) is 45.3 Å². The number of carbonyl (C=O) groups is 1. The van der Waals surface area contributed by atoms with Crippen molar-refractivity contribution in [1.29, 1.82) is 0 Å². The maximum Gasteiger partial charge on any atom is 0.429 e. The van der Waals surface area contributed by atoms with E-state index in [4.69, 9.17) is 34.2 Å². The number of alkyl halides is 12. The van der Waals surface area contributed by atoms with E-state index in [1.165, 1.54) is 19.6 Å². The van der Waals surface area contributed by atoms with E-state index in [2.05, 4.69) is 87.0 Å². The number of carbonyl (C=O) groups excluding carboxylic acids is 1. The fraction of sp³-hybridized carbons (Fsp3) is 0.719. The van der Waals surface area contributed by atoms with Gasteiger partial charge in [-0.1, -0.05) is 192 Å². The quantitative estimate of drug-likeness (QED) is 0.0268. The van der Waals surface area contributed by atoms with E-state index in [9.17, 15) is 82.5 Å². The zero-order valence-corrected chi connectivity index (χ0v) is 81.2. The molecular formula is C96H151F12O10PSi4. The van der Waals surface area contributed by atoms with Gasteiger partial charge in [0.25, 0.3) is 11.2 Å². The molecule has 0 heterocycles. The summed E-state index contributed by atoms with van der Waals surface area (Å²) in [7, 11) is -13.1. The minimum atomic E-state index is -6.06. The molecule has 6 aliphatic rings. The lowest BCUT2D eigenvalue weighted by atomic mass is 9.55. The van der Waals surface area contributed by atoms with Crippen molar-refractivity contribution in [2.75, 3.05) is 6.16 Å². The molecule has 6 aliphatic carbocycles. The molecule has 2 aromatic carbocycles. The van der Waals surface area contributed by atoms with Crippen molar-refractivity contribution in [2.24, 2.45) is 45.3 Å². The monoisotopic (exact) mass is 1850 g/mol. The Morgan fingerprint density at radius 3 is 1.48 bits per heavy atom. The molecule has 123 heavy (non-hydrogen) atoms. The maximum atomic E-state index is 14.7. The standard InChI is InChI=1S/C33H48F6O4.C33H51O3PSi2.C30H52F6O3Si2/c1-21-23(19-24(40)20-26(21)41)11-10-22-9-6-17-30(5)25(22)12-13-27(30)29(4,15-7-14-28(2,3)42)16-8-18-31(43,32(34,35)36)33(37,38)39;1-26-27(22-23-37(34,29-18-14-12-15-19-29)30-20-16-13-17-21-30)24-28(35-38(8,9)32(2,3)4)25-31(26)36-39(10,11)33(5,6)7;1-25(2,38-40(5,6)7)17-12-18-26(3,24-16-15-22-23(37)14-11-20-27(22,24)4)19-13-21-28(29(31,32)33,30(34,35)36)39-41(8,9)10/h8,10-11,18,24-27,40-43H,1,6-7,9,12-17,19-20H2,2-5H3;12-22,28,31H,1,23-25H2,2-11H3;13,21-22,24H,11-12,14-20H2,1-10H3/b18-8-,22-10+,23-11-;27-22-;21-13-/t24-,25?,26+,27-,29-,30+;28-,31+;22?,24-,26-,27+/m111/s1/i2D3,3D3;;1D3,2D3. The van der Waals surface area contributed by atoms with Crippen molar-refractivity contribution in [2.45, 2.75) is 385 Å². The summed E-state index contributed by atoms with van der Waals surface area (Å²) >= 11 is 0. The number of hydrogen-bond acceptors (Lipinski definition) is 10. The van der Waals surface area contributed by atoms with Gasteiger partial charge in [0.15, 0.2) is 33.3 Å². The molecule has 6 fully saturated rings. The lowest BCUT2D eigenvalue weighted by molar-refractivity contribution is -0.347. The molecule has 4 N–H and O–H groups in total. The summed E-state index contributed by atoms with van der Waals surface area (Å²) in [4.78, 5) is 12.9. The van der Waals surface area contributed by atoms with E-state index in [1.807, 2.05) is 86.7 Å². The molecule has 0 aliphatic heterocycles. The lowest BCUT2D eigenvalue weighted by Crippen LogP contribution is -2.61. The molecule has 0 saturated heterocycles. The summed E-state index contributed by atoms with van der Waals surface area (Å²) in [5.41, 5.74) is -14.0. The summed E-state index contributed by atoms with van der Waals surface area (Å²) in [5.74, 6) is -0.905. The second-order valence-electron chi connectivity index (χ2n) is 42.1. The maximum absolute atomic E-state index is 14.7. The largest absolute Gasteiger partial charge is 0.429 e. The zero-order chi connectivity index (χ0) is 104. The highest BCUT2D eigenvalue weighted by molar-refractivity contribution is 7.78. The van der Waals surface area contributed by atoms with Crippen molar-refractivity contribution in [1.82, 2.24) is 0 Å². The molecule has 27 heteroatoms. The number of ketones is 1. The molecule has 8 rings (SSSR count). The Morgan fingerprint density at radius 2 is 1.02 bits per heavy atom. The van der Waals surface area contributed by atoms with Gasteiger partial charge in [-0.25, -0.2) is 0 Å². The number of benzene rings is 2. The molecule has 10 nitrogen and oxygen atoms in total. The van der Waals surface area contributed by atoms with Crippen LogP contribution in [-0.2, 0) is 27.1 Å². The predicted octanol–water partition coefficient (Wildman–Crippen LogP) is 27.2. The molecule has 2 unspecified atom stereocenters. The van der Waals surface area contributed by atoms with Gasteiger partial charge in [0, 0.05) is 58.4 Å². The Hall–Kier alpha value is -3.77. The van der Waals surface area contributed by atoms with Crippen molar-refractivity contribution < 1.29 is 117 Å². The van der Waals surface area contributed by atoms with Gasteiger partial charge in [-0.15, -0.1) is 0 Å². The molecular weight excluding hydrogens is 1680 g/mol. The van der Waals surface area contributed by atoms with Crippen LogP contribution in [0.15, 0.2) is 144 Å². The van der Waals surface area contributed by atoms with E-state index in [0.717, 1.165) is 59.1 Å². The van der Waals surface area contributed by atoms with Crippen LogP contribution in [0.25, 0.3) is 0 Å². The van der Waals surface area contributed by atoms with E-state index in [0.29, 0.717) is 81.2 Å². The molecule has 0 spiro atoms. The number of aliphatic hydroxyl groups is 4. The minimum Gasteiger partial charge on any atom is -0.413 e. The van der Waals surface area contributed by atoms with Crippen LogP contribution in [0.1, 0.15) is 254 Å². The Morgan fingerprint density at radius 1 is 0.553 bits per heavy atom. The normalized spacial score (nSPS) is 28.9. The van der Waals surface area contributed by atoms with E-state index < -0.39 is 162 Å². The van der Waals surface area contributed by atoms with E-state index >= 15 is 0 Å². The summed E-state index contributed by atoms with van der Waals surface area (Å²) < 4.78 is 302. The van der Waals surface area contributed by atoms with Gasteiger partial charge < -0.3 is 42.7 Å². The third-order valence-corrected chi connectivity index (χ3v) is 41.9. The topological polar surface area (TPSA) is 152 Å². The zero-order valence-electron chi connectivity index (χ0n) is 88.3. The van der Waals surface area contributed by atoms with Crippen molar-refractivity contribution >= 4 is 56.8 Å². The van der Waals surface area contributed by atoms with Crippen molar-refractivity contribution in [3.05, 3.63) is 144 Å². The van der Waals surface area contributed by atoms with Crippen LogP contribution < -0.4 is 10.6 Å². The van der Waals surface area contributed by atoms with E-state index in [1.54, 1.807) is 33.5 Å². The molecule has 0 aromatic heterocycles. The lowest BCUT2D eigenvalue weighted by Gasteiger charge is -2.49. The molecule has 2 aromatic rings. The first-order valence-corrected chi connectivity index (χ1v) is 58.0. The van der Waals surface area contributed by atoms with Crippen LogP contribution >= 0.6 is 7.14 Å². The fourth-order valence-corrected chi connectivity index (χ4v) is 27.3. The van der Waals surface area contributed by atoms with Gasteiger partial charge in [-0.3, -0.25) is 4.79 Å². The Balaban J connectivity index is 0.000000313. The molecule has 6 saturated carbocycles. The van der Waals surface area contributed by atoms with Crippen LogP contribution in [0.2, 0.25) is 75.5 Å². The number of allylic oxidation sites excluding steroid dienone is 6. The van der Waals surface area contributed by atoms with Crippen molar-refractivity contribution in [3.63, 3.8) is 0 Å². The van der Waals surface area contributed by atoms with E-state index in [-0.39, 0.29) is 109 Å². The summed E-state index contributed by atoms with van der Waals surface area (Å²) in [6, 6.07) is 19.8. The first-order chi connectivity index (χ1) is 60.6. The number of rotatable bonds is 29. The predicted molar refractivity (Wildman–Crippen MR) is 486 cm³/mol. The Bertz CT molecular complexity index is 4470. The highest BCUT2D eigenvalue weighted by Gasteiger charge is 2.72. The number of halogens is 12. The number of hydrogen-bond donors (Lipinski definition) is 4. The third kappa shape index (κ3) is 27.0. The summed E-state index contributed by atoms with van der Waals surface area (Å²) in [5, 5.41) is 43.0. The average molecular weight is 1850 g/mol. The van der Waals surface area contributed by atoms with Crippen LogP contribution in [0.5, 0.6) is 0 Å². The van der Waals surface area contributed by atoms with Crippen LogP contribution in [0.3, 0.4) is 0 Å². The van der Waals surface area contributed by atoms with Crippen LogP contribution in [0.4, 0.5) is 52.7 Å². The Labute approximate surface area is 750 Å². The molecule has 0 amide bonds. The first kappa shape index (κ1) is 89.8. The molecule has 12 atom stereocenters. The van der Waals surface area contributed by atoms with Gasteiger partial charge in [-0.05, 0) is 286 Å². The smallest absolute Gasteiger partial charge is 0.413 e. The molecule has 0 bridgehead atoms. The summed E-state index contributed by atoms with van der Waals surface area (Å²) in [6.45, 7) is 34.8. The number of fused-ring (bicyclic) bond motifs is 2. The fourth-order valence-electron chi connectivity index (χ4n) is 19.7. The van der Waals surface area contributed by atoms with Gasteiger partial charge in [0.05, 0.1) is 35.6 Å². The van der Waals surface area contributed by atoms with Crippen LogP contribution in [-0.4, -0.2) is 137 Å². The first-order valence-electron chi connectivity index (χ1n) is 49.5. The highest BCUT2D eigenvalue weighted by atomic mass is 31.2. The van der Waals surface area contributed by atoms with Gasteiger partial charge >= 0.3 is 24.7 Å². The van der Waals surface area contributed by atoms with Gasteiger partial charge in [0.2, 0.25) is 0 Å².